The molecular formula is C8H15ClN4O2S. The van der Waals surface area contributed by atoms with Crippen molar-refractivity contribution < 1.29 is 8.42 Å². The Morgan fingerprint density at radius 1 is 1.50 bits per heavy atom. The molecular weight excluding hydrogens is 252 g/mol. The number of hydrogen-bond donors (Lipinski definition) is 3. The summed E-state index contributed by atoms with van der Waals surface area (Å²) in [5.41, 5.74) is 0. The van der Waals surface area contributed by atoms with Gasteiger partial charge >= 0.3 is 0 Å². The largest absolute Gasteiger partial charge is 0.335 e. The Bertz CT molecular complexity index is 400. The number of rotatable bonds is 3. The Hall–Kier alpha value is -0.630. The number of halogens is 1. The van der Waals surface area contributed by atoms with Gasteiger partial charge in [0.15, 0.2) is 5.03 Å². The van der Waals surface area contributed by atoms with Crippen LogP contribution in [-0.4, -0.2) is 37.5 Å². The van der Waals surface area contributed by atoms with Crippen LogP contribution in [0.4, 0.5) is 0 Å². The number of H-pyrrole nitrogens is 1. The van der Waals surface area contributed by atoms with Crippen LogP contribution in [0.1, 0.15) is 12.8 Å². The molecule has 1 aromatic rings. The molecule has 1 atom stereocenters. The molecule has 0 aromatic carbocycles. The van der Waals surface area contributed by atoms with E-state index in [2.05, 4.69) is 20.0 Å². The van der Waals surface area contributed by atoms with Crippen LogP contribution in [0.3, 0.4) is 0 Å². The molecule has 0 bridgehead atoms. The molecule has 0 saturated carbocycles. The van der Waals surface area contributed by atoms with Crippen LogP contribution < -0.4 is 10.0 Å². The predicted molar refractivity (Wildman–Crippen MR) is 62.0 cm³/mol. The molecule has 0 unspecified atom stereocenters. The number of hydrogen-bond acceptors (Lipinski definition) is 4. The molecule has 1 saturated heterocycles. The molecule has 0 spiro atoms. The van der Waals surface area contributed by atoms with Crippen molar-refractivity contribution in [3.05, 3.63) is 12.5 Å². The summed E-state index contributed by atoms with van der Waals surface area (Å²) in [5, 5.41) is 3.27. The van der Waals surface area contributed by atoms with Gasteiger partial charge in [-0.25, -0.2) is 18.1 Å². The third-order valence-corrected chi connectivity index (χ3v) is 3.83. The minimum atomic E-state index is -3.42. The molecule has 1 aliphatic rings. The van der Waals surface area contributed by atoms with Gasteiger partial charge in [-0.3, -0.25) is 0 Å². The summed E-state index contributed by atoms with van der Waals surface area (Å²) in [5.74, 6) is 0. The molecule has 16 heavy (non-hydrogen) atoms. The third-order valence-electron chi connectivity index (χ3n) is 2.38. The third kappa shape index (κ3) is 3.18. The first-order valence-corrected chi connectivity index (χ1v) is 6.38. The molecule has 6 nitrogen and oxygen atoms in total. The molecule has 0 aliphatic carbocycles. The van der Waals surface area contributed by atoms with Gasteiger partial charge in [-0.05, 0) is 19.4 Å². The molecule has 1 aliphatic heterocycles. The maximum atomic E-state index is 11.8. The Morgan fingerprint density at radius 2 is 2.31 bits per heavy atom. The van der Waals surface area contributed by atoms with Crippen LogP contribution in [-0.2, 0) is 10.0 Å². The van der Waals surface area contributed by atoms with E-state index in [0.29, 0.717) is 6.54 Å². The zero-order valence-electron chi connectivity index (χ0n) is 8.64. The van der Waals surface area contributed by atoms with E-state index in [1.54, 1.807) is 0 Å². The van der Waals surface area contributed by atoms with E-state index in [1.807, 2.05) is 0 Å². The lowest BCUT2D eigenvalue weighted by molar-refractivity contribution is 0.428. The highest BCUT2D eigenvalue weighted by molar-refractivity contribution is 7.89. The van der Waals surface area contributed by atoms with Gasteiger partial charge in [0, 0.05) is 12.6 Å². The molecule has 92 valence electrons. The van der Waals surface area contributed by atoms with Crippen LogP contribution in [0.25, 0.3) is 0 Å². The van der Waals surface area contributed by atoms with Gasteiger partial charge in [-0.1, -0.05) is 0 Å². The van der Waals surface area contributed by atoms with E-state index >= 15 is 0 Å². The van der Waals surface area contributed by atoms with E-state index in [0.717, 1.165) is 19.4 Å². The fraction of sp³-hybridized carbons (Fsp3) is 0.625. The van der Waals surface area contributed by atoms with Crippen molar-refractivity contribution in [3.63, 3.8) is 0 Å². The van der Waals surface area contributed by atoms with E-state index in [-0.39, 0.29) is 23.5 Å². The second kappa shape index (κ2) is 5.62. The molecule has 2 heterocycles. The summed E-state index contributed by atoms with van der Waals surface area (Å²) in [4.78, 5) is 6.28. The van der Waals surface area contributed by atoms with Crippen molar-refractivity contribution in [2.24, 2.45) is 0 Å². The van der Waals surface area contributed by atoms with Gasteiger partial charge in [-0.15, -0.1) is 12.4 Å². The molecule has 1 fully saturated rings. The van der Waals surface area contributed by atoms with Gasteiger partial charge in [0.05, 0.1) is 12.5 Å². The van der Waals surface area contributed by atoms with Crippen molar-refractivity contribution in [3.8, 4) is 0 Å². The summed E-state index contributed by atoms with van der Waals surface area (Å²) in [6, 6.07) is -0.0213. The normalized spacial score (nSPS) is 21.4. The number of nitrogens with zero attached hydrogens (tertiary/aromatic N) is 1. The fourth-order valence-corrected chi connectivity index (χ4v) is 2.80. The lowest BCUT2D eigenvalue weighted by Gasteiger charge is -2.23. The summed E-state index contributed by atoms with van der Waals surface area (Å²) in [6.07, 6.45) is 4.53. The lowest BCUT2D eigenvalue weighted by Crippen LogP contribution is -2.45. The van der Waals surface area contributed by atoms with Crippen molar-refractivity contribution in [2.45, 2.75) is 23.9 Å². The second-order valence-corrected chi connectivity index (χ2v) is 5.26. The lowest BCUT2D eigenvalue weighted by atomic mass is 10.1. The van der Waals surface area contributed by atoms with Crippen LogP contribution in [0.5, 0.6) is 0 Å². The Kier molecular flexibility index (Phi) is 4.72. The molecule has 3 N–H and O–H groups in total. The number of imidazole rings is 1. The molecule has 8 heteroatoms. The Balaban J connectivity index is 0.00000128. The minimum absolute atomic E-state index is 0. The summed E-state index contributed by atoms with van der Waals surface area (Å²) >= 11 is 0. The molecule has 2 rings (SSSR count). The zero-order valence-corrected chi connectivity index (χ0v) is 10.3. The van der Waals surface area contributed by atoms with Gasteiger partial charge in [-0.2, -0.15) is 0 Å². The Morgan fingerprint density at radius 3 is 2.88 bits per heavy atom. The van der Waals surface area contributed by atoms with Crippen LogP contribution in [0.15, 0.2) is 17.6 Å². The maximum absolute atomic E-state index is 11.8. The second-order valence-electron chi connectivity index (χ2n) is 3.58. The number of piperidine rings is 1. The zero-order chi connectivity index (χ0) is 10.7. The molecule has 0 amide bonds. The number of sulfonamides is 1. The van der Waals surface area contributed by atoms with Gasteiger partial charge in [0.1, 0.15) is 0 Å². The van der Waals surface area contributed by atoms with Crippen molar-refractivity contribution in [2.75, 3.05) is 13.1 Å². The van der Waals surface area contributed by atoms with E-state index in [4.69, 9.17) is 0 Å². The summed E-state index contributed by atoms with van der Waals surface area (Å²) < 4.78 is 26.1. The first-order valence-electron chi connectivity index (χ1n) is 4.90. The number of aromatic nitrogens is 2. The van der Waals surface area contributed by atoms with E-state index in [9.17, 15) is 8.42 Å². The quantitative estimate of drug-likeness (QED) is 0.711. The van der Waals surface area contributed by atoms with Gasteiger partial charge in [0.2, 0.25) is 0 Å². The smallest absolute Gasteiger partial charge is 0.257 e. The molecule has 1 aromatic heterocycles. The van der Waals surface area contributed by atoms with Crippen LogP contribution in [0.2, 0.25) is 0 Å². The predicted octanol–water partition coefficient (Wildman–Crippen LogP) is -0.138. The molecule has 0 radical (unpaired) electrons. The highest BCUT2D eigenvalue weighted by atomic mass is 35.5. The topological polar surface area (TPSA) is 86.9 Å². The first kappa shape index (κ1) is 13.4. The highest BCUT2D eigenvalue weighted by Crippen LogP contribution is 2.07. The average molecular weight is 267 g/mol. The van der Waals surface area contributed by atoms with Gasteiger partial charge < -0.3 is 10.3 Å². The average Bonchev–Trinajstić information content (AvgIpc) is 2.71. The SMILES string of the molecule is Cl.O=S(=O)(N[C@@H]1CCCNC1)c1cnc[nH]1. The van der Waals surface area contributed by atoms with Crippen LogP contribution in [0, 0.1) is 0 Å². The fourth-order valence-electron chi connectivity index (χ4n) is 1.63. The first-order chi connectivity index (χ1) is 7.18. The Labute approximate surface area is 101 Å². The van der Waals surface area contributed by atoms with Crippen molar-refractivity contribution >= 4 is 22.4 Å². The number of nitrogens with one attached hydrogen (secondary N) is 3. The highest BCUT2D eigenvalue weighted by Gasteiger charge is 2.22. The van der Waals surface area contributed by atoms with Crippen molar-refractivity contribution in [1.82, 2.24) is 20.0 Å². The standard InChI is InChI=1S/C8H14N4O2S.ClH/c13-15(14,8-5-10-6-11-8)12-7-2-1-3-9-4-7;/h5-7,9,12H,1-4H2,(H,10,11);1H/t7-;/m1./s1. The van der Waals surface area contributed by atoms with Crippen molar-refractivity contribution in [1.29, 1.82) is 0 Å². The monoisotopic (exact) mass is 266 g/mol. The van der Waals surface area contributed by atoms with Crippen LogP contribution >= 0.6 is 12.4 Å². The summed E-state index contributed by atoms with van der Waals surface area (Å²) in [6.45, 7) is 1.65. The van der Waals surface area contributed by atoms with E-state index < -0.39 is 10.0 Å². The van der Waals surface area contributed by atoms with Gasteiger partial charge in [0.25, 0.3) is 10.0 Å². The van der Waals surface area contributed by atoms with E-state index in [1.165, 1.54) is 12.5 Å². The minimum Gasteiger partial charge on any atom is -0.335 e. The maximum Gasteiger partial charge on any atom is 0.257 e. The summed E-state index contributed by atoms with van der Waals surface area (Å²) in [7, 11) is -3.42. The number of aromatic amines is 1.